The van der Waals surface area contributed by atoms with Crippen molar-refractivity contribution in [2.45, 2.75) is 6.92 Å². The maximum atomic E-state index is 10.7. The van der Waals surface area contributed by atoms with Gasteiger partial charge < -0.3 is 4.74 Å². The third-order valence-corrected chi connectivity index (χ3v) is 2.02. The van der Waals surface area contributed by atoms with E-state index in [2.05, 4.69) is 9.97 Å². The molecule has 0 saturated heterocycles. The van der Waals surface area contributed by atoms with Crippen molar-refractivity contribution < 1.29 is 9.66 Å². The summed E-state index contributed by atoms with van der Waals surface area (Å²) in [6, 6.07) is 4.55. The van der Waals surface area contributed by atoms with E-state index >= 15 is 0 Å². The first-order valence-corrected chi connectivity index (χ1v) is 4.84. The summed E-state index contributed by atoms with van der Waals surface area (Å²) in [4.78, 5) is 17.8. The van der Waals surface area contributed by atoms with Gasteiger partial charge in [0.15, 0.2) is 5.75 Å². The maximum absolute atomic E-state index is 10.7. The van der Waals surface area contributed by atoms with Gasteiger partial charge in [-0.05, 0) is 18.6 Å². The van der Waals surface area contributed by atoms with E-state index in [1.165, 1.54) is 30.9 Å². The van der Waals surface area contributed by atoms with Crippen LogP contribution in [-0.4, -0.2) is 14.9 Å². The molecule has 17 heavy (non-hydrogen) atoms. The molecule has 0 aliphatic heterocycles. The van der Waals surface area contributed by atoms with Crippen LogP contribution in [0.1, 0.15) is 5.56 Å². The maximum Gasteiger partial charge on any atom is 0.273 e. The Morgan fingerprint density at radius 3 is 2.53 bits per heavy atom. The minimum absolute atomic E-state index is 0.00292. The first-order valence-electron chi connectivity index (χ1n) is 4.84. The zero-order chi connectivity index (χ0) is 12.3. The summed E-state index contributed by atoms with van der Waals surface area (Å²) in [5.41, 5.74) is 0.753. The molecule has 0 aliphatic rings. The van der Waals surface area contributed by atoms with Gasteiger partial charge in [-0.15, -0.1) is 0 Å². The molecule has 86 valence electrons. The number of nitrogens with zero attached hydrogens (tertiary/aromatic N) is 3. The van der Waals surface area contributed by atoms with Gasteiger partial charge in [-0.3, -0.25) is 10.1 Å². The number of hydrogen-bond acceptors (Lipinski definition) is 5. The van der Waals surface area contributed by atoms with Crippen molar-refractivity contribution in [3.63, 3.8) is 0 Å². The van der Waals surface area contributed by atoms with Crippen molar-refractivity contribution in [2.24, 2.45) is 0 Å². The molecule has 6 heteroatoms. The molecule has 0 unspecified atom stereocenters. The fourth-order valence-electron chi connectivity index (χ4n) is 1.37. The van der Waals surface area contributed by atoms with Crippen molar-refractivity contribution in [3.8, 4) is 11.5 Å². The van der Waals surface area contributed by atoms with Crippen molar-refractivity contribution >= 4 is 5.69 Å². The first kappa shape index (κ1) is 11.0. The highest BCUT2D eigenvalue weighted by Gasteiger charge is 2.09. The monoisotopic (exact) mass is 231 g/mol. The van der Waals surface area contributed by atoms with Gasteiger partial charge in [0.2, 0.25) is 0 Å². The molecule has 0 atom stereocenters. The number of nitro groups is 1. The lowest BCUT2D eigenvalue weighted by molar-refractivity contribution is -0.385. The Bertz CT molecular complexity index is 543. The summed E-state index contributed by atoms with van der Waals surface area (Å²) in [5, 5.41) is 10.7. The van der Waals surface area contributed by atoms with E-state index in [0.717, 1.165) is 5.56 Å². The highest BCUT2D eigenvalue weighted by Crippen LogP contribution is 2.26. The summed E-state index contributed by atoms with van der Waals surface area (Å²) in [6.07, 6.45) is 4.36. The van der Waals surface area contributed by atoms with Crippen LogP contribution in [0.3, 0.4) is 0 Å². The average molecular weight is 231 g/mol. The number of nitro benzene ring substituents is 1. The summed E-state index contributed by atoms with van der Waals surface area (Å²) in [5.74, 6) is 0.832. The molecule has 0 saturated carbocycles. The van der Waals surface area contributed by atoms with E-state index in [0.29, 0.717) is 11.5 Å². The summed E-state index contributed by atoms with van der Waals surface area (Å²) >= 11 is 0. The number of aryl methyl sites for hydroxylation is 1. The lowest BCUT2D eigenvalue weighted by atomic mass is 10.2. The topological polar surface area (TPSA) is 78.2 Å². The minimum atomic E-state index is -0.457. The summed E-state index contributed by atoms with van der Waals surface area (Å²) in [6.45, 7) is 1.77. The van der Waals surface area contributed by atoms with Crippen LogP contribution < -0.4 is 4.74 Å². The number of aromatic nitrogens is 2. The van der Waals surface area contributed by atoms with Crippen LogP contribution in [0.5, 0.6) is 11.5 Å². The van der Waals surface area contributed by atoms with Crippen molar-refractivity contribution in [1.29, 1.82) is 0 Å². The normalized spacial score (nSPS) is 9.94. The predicted molar refractivity (Wildman–Crippen MR) is 59.9 cm³/mol. The van der Waals surface area contributed by atoms with Gasteiger partial charge in [-0.25, -0.2) is 9.97 Å². The van der Waals surface area contributed by atoms with Crippen LogP contribution in [0.2, 0.25) is 0 Å². The molecule has 0 radical (unpaired) electrons. The zero-order valence-electron chi connectivity index (χ0n) is 9.03. The van der Waals surface area contributed by atoms with Crippen LogP contribution in [0.15, 0.2) is 36.9 Å². The van der Waals surface area contributed by atoms with E-state index in [9.17, 15) is 10.1 Å². The summed E-state index contributed by atoms with van der Waals surface area (Å²) < 4.78 is 5.42. The second-order valence-corrected chi connectivity index (χ2v) is 3.44. The van der Waals surface area contributed by atoms with E-state index in [1.807, 2.05) is 0 Å². The highest BCUT2D eigenvalue weighted by atomic mass is 16.6. The van der Waals surface area contributed by atoms with E-state index in [1.54, 1.807) is 13.0 Å². The number of ether oxygens (including phenoxy) is 1. The summed E-state index contributed by atoms with van der Waals surface area (Å²) in [7, 11) is 0. The molecule has 1 heterocycles. The van der Waals surface area contributed by atoms with Gasteiger partial charge in [-0.1, -0.05) is 0 Å². The Morgan fingerprint density at radius 2 is 1.88 bits per heavy atom. The van der Waals surface area contributed by atoms with Crippen LogP contribution >= 0.6 is 0 Å². The molecule has 2 aromatic rings. The van der Waals surface area contributed by atoms with Crippen molar-refractivity contribution in [1.82, 2.24) is 9.97 Å². The van der Waals surface area contributed by atoms with Gasteiger partial charge >= 0.3 is 0 Å². The third-order valence-electron chi connectivity index (χ3n) is 2.02. The fourth-order valence-corrected chi connectivity index (χ4v) is 1.37. The molecule has 1 aromatic carbocycles. The van der Waals surface area contributed by atoms with Gasteiger partial charge in [0, 0.05) is 6.07 Å². The number of non-ortho nitro benzene ring substituents is 1. The molecule has 0 spiro atoms. The average Bonchev–Trinajstić information content (AvgIpc) is 2.29. The third kappa shape index (κ3) is 2.75. The van der Waals surface area contributed by atoms with Crippen molar-refractivity contribution in [3.05, 3.63) is 52.6 Å². The first-order chi connectivity index (χ1) is 8.15. The minimum Gasteiger partial charge on any atom is -0.454 e. The Kier molecular flexibility index (Phi) is 2.95. The smallest absolute Gasteiger partial charge is 0.273 e. The molecule has 0 fully saturated rings. The largest absolute Gasteiger partial charge is 0.454 e. The SMILES string of the molecule is Cc1cc(Oc2cncnc2)cc([N+](=O)[O-])c1. The lowest BCUT2D eigenvalue weighted by Gasteiger charge is -2.05. The quantitative estimate of drug-likeness (QED) is 0.599. The predicted octanol–water partition coefficient (Wildman–Crippen LogP) is 2.49. The molecule has 1 aromatic heterocycles. The standard InChI is InChI=1S/C11H9N3O3/c1-8-2-9(14(15)16)4-10(3-8)17-11-5-12-7-13-6-11/h2-7H,1H3. The second kappa shape index (κ2) is 4.56. The highest BCUT2D eigenvalue weighted by molar-refractivity contribution is 5.43. The van der Waals surface area contributed by atoms with E-state index < -0.39 is 4.92 Å². The zero-order valence-corrected chi connectivity index (χ0v) is 9.03. The molecular weight excluding hydrogens is 222 g/mol. The Hall–Kier alpha value is -2.50. The van der Waals surface area contributed by atoms with Gasteiger partial charge in [0.25, 0.3) is 5.69 Å². The molecule has 0 amide bonds. The molecular formula is C11H9N3O3. The van der Waals surface area contributed by atoms with Crippen LogP contribution in [-0.2, 0) is 0 Å². The Balaban J connectivity index is 2.30. The second-order valence-electron chi connectivity index (χ2n) is 3.44. The van der Waals surface area contributed by atoms with E-state index in [4.69, 9.17) is 4.74 Å². The molecule has 0 aliphatic carbocycles. The van der Waals surface area contributed by atoms with Crippen LogP contribution in [0.25, 0.3) is 0 Å². The lowest BCUT2D eigenvalue weighted by Crippen LogP contribution is -1.92. The van der Waals surface area contributed by atoms with Gasteiger partial charge in [0.1, 0.15) is 12.1 Å². The van der Waals surface area contributed by atoms with E-state index in [-0.39, 0.29) is 5.69 Å². The fraction of sp³-hybridized carbons (Fsp3) is 0.0909. The van der Waals surface area contributed by atoms with Crippen LogP contribution in [0.4, 0.5) is 5.69 Å². The number of rotatable bonds is 3. The molecule has 6 nitrogen and oxygen atoms in total. The molecule has 2 rings (SSSR count). The Morgan fingerprint density at radius 1 is 1.18 bits per heavy atom. The molecule has 0 N–H and O–H groups in total. The number of benzene rings is 1. The van der Waals surface area contributed by atoms with Gasteiger partial charge in [0.05, 0.1) is 23.4 Å². The van der Waals surface area contributed by atoms with Crippen LogP contribution in [0, 0.1) is 17.0 Å². The Labute approximate surface area is 97.1 Å². The van der Waals surface area contributed by atoms with Crippen molar-refractivity contribution in [2.75, 3.05) is 0 Å². The molecule has 0 bridgehead atoms. The van der Waals surface area contributed by atoms with Gasteiger partial charge in [-0.2, -0.15) is 0 Å². The number of hydrogen-bond donors (Lipinski definition) is 0.